The van der Waals surface area contributed by atoms with Gasteiger partial charge in [-0.3, -0.25) is 4.90 Å². The number of hydrogen-bond acceptors (Lipinski definition) is 3. The molecule has 0 aliphatic carbocycles. The lowest BCUT2D eigenvalue weighted by Crippen LogP contribution is -2.48. The Hall–Kier alpha value is -0.120. The van der Waals surface area contributed by atoms with E-state index in [1.807, 2.05) is 6.92 Å². The molecule has 11 heavy (non-hydrogen) atoms. The van der Waals surface area contributed by atoms with E-state index in [1.165, 1.54) is 0 Å². The number of hydrogen-bond donors (Lipinski definition) is 1. The first-order valence-electron chi connectivity index (χ1n) is 4.34. The second kappa shape index (κ2) is 4.04. The highest BCUT2D eigenvalue weighted by atomic mass is 16.3. The van der Waals surface area contributed by atoms with Gasteiger partial charge in [-0.1, -0.05) is 6.92 Å². The van der Waals surface area contributed by atoms with Gasteiger partial charge in [0, 0.05) is 26.2 Å². The fourth-order valence-electron chi connectivity index (χ4n) is 1.38. The fraction of sp³-hybridized carbons (Fsp3) is 1.00. The topological polar surface area (TPSA) is 26.7 Å². The predicted molar refractivity (Wildman–Crippen MR) is 45.4 cm³/mol. The number of rotatable bonds is 2. The van der Waals surface area contributed by atoms with E-state index in [9.17, 15) is 5.11 Å². The molecule has 1 fully saturated rings. The van der Waals surface area contributed by atoms with E-state index in [4.69, 9.17) is 0 Å². The molecule has 1 heterocycles. The lowest BCUT2D eigenvalue weighted by molar-refractivity contribution is -0.0229. The molecule has 0 aromatic rings. The van der Waals surface area contributed by atoms with Crippen LogP contribution in [-0.4, -0.2) is 54.4 Å². The van der Waals surface area contributed by atoms with Crippen molar-refractivity contribution < 1.29 is 5.11 Å². The van der Waals surface area contributed by atoms with E-state index in [-0.39, 0.29) is 6.23 Å². The molecule has 1 rings (SSSR count). The minimum Gasteiger partial charge on any atom is -0.378 e. The van der Waals surface area contributed by atoms with Crippen LogP contribution < -0.4 is 0 Å². The van der Waals surface area contributed by atoms with Crippen molar-refractivity contribution in [1.29, 1.82) is 0 Å². The molecular weight excluding hydrogens is 140 g/mol. The zero-order chi connectivity index (χ0) is 8.27. The zero-order valence-corrected chi connectivity index (χ0v) is 7.45. The molecule has 0 aromatic carbocycles. The summed E-state index contributed by atoms with van der Waals surface area (Å²) in [6, 6.07) is 0. The minimum absolute atomic E-state index is 0.219. The molecule has 1 aliphatic rings. The Labute approximate surface area is 68.6 Å². The normalized spacial score (nSPS) is 25.4. The molecular formula is C8H18N2O. The van der Waals surface area contributed by atoms with E-state index in [0.29, 0.717) is 0 Å². The smallest absolute Gasteiger partial charge is 0.107 e. The van der Waals surface area contributed by atoms with Crippen molar-refractivity contribution >= 4 is 0 Å². The van der Waals surface area contributed by atoms with E-state index in [0.717, 1.165) is 32.6 Å². The summed E-state index contributed by atoms with van der Waals surface area (Å²) in [5.41, 5.74) is 0. The molecule has 1 saturated heterocycles. The number of aliphatic hydroxyl groups is 1. The monoisotopic (exact) mass is 158 g/mol. The third-order valence-electron chi connectivity index (χ3n) is 2.32. The summed E-state index contributed by atoms with van der Waals surface area (Å²) in [5, 5.41) is 9.48. The van der Waals surface area contributed by atoms with Crippen LogP contribution in [0.1, 0.15) is 13.3 Å². The number of nitrogens with zero attached hydrogens (tertiary/aromatic N) is 2. The van der Waals surface area contributed by atoms with Crippen LogP contribution in [0.15, 0.2) is 0 Å². The third kappa shape index (κ3) is 2.43. The van der Waals surface area contributed by atoms with Gasteiger partial charge < -0.3 is 10.0 Å². The Morgan fingerprint density at radius 3 is 2.27 bits per heavy atom. The highest BCUT2D eigenvalue weighted by molar-refractivity contribution is 4.70. The van der Waals surface area contributed by atoms with Gasteiger partial charge in [0.15, 0.2) is 0 Å². The summed E-state index contributed by atoms with van der Waals surface area (Å²) < 4.78 is 0. The number of aliphatic hydroxyl groups excluding tert-OH is 1. The maximum atomic E-state index is 9.48. The van der Waals surface area contributed by atoms with Crippen molar-refractivity contribution in [2.45, 2.75) is 19.6 Å². The van der Waals surface area contributed by atoms with Crippen LogP contribution in [0.25, 0.3) is 0 Å². The zero-order valence-electron chi connectivity index (χ0n) is 7.45. The molecule has 1 atom stereocenters. The average Bonchev–Trinajstić information content (AvgIpc) is 2.05. The Morgan fingerprint density at radius 1 is 1.27 bits per heavy atom. The second-order valence-corrected chi connectivity index (χ2v) is 3.23. The lowest BCUT2D eigenvalue weighted by atomic mass is 10.3. The van der Waals surface area contributed by atoms with Crippen molar-refractivity contribution in [2.24, 2.45) is 0 Å². The van der Waals surface area contributed by atoms with Gasteiger partial charge in [0.1, 0.15) is 6.23 Å². The van der Waals surface area contributed by atoms with Crippen LogP contribution in [0.4, 0.5) is 0 Å². The summed E-state index contributed by atoms with van der Waals surface area (Å²) in [6.45, 7) is 6.19. The highest BCUT2D eigenvalue weighted by Crippen LogP contribution is 2.04. The summed E-state index contributed by atoms with van der Waals surface area (Å²) >= 11 is 0. The number of piperazine rings is 1. The summed E-state index contributed by atoms with van der Waals surface area (Å²) in [4.78, 5) is 4.43. The summed E-state index contributed by atoms with van der Waals surface area (Å²) in [6.07, 6.45) is 0.618. The van der Waals surface area contributed by atoms with E-state index < -0.39 is 0 Å². The van der Waals surface area contributed by atoms with Crippen LogP contribution in [0.2, 0.25) is 0 Å². The van der Waals surface area contributed by atoms with Gasteiger partial charge >= 0.3 is 0 Å². The molecule has 0 bridgehead atoms. The van der Waals surface area contributed by atoms with Gasteiger partial charge in [0.25, 0.3) is 0 Å². The summed E-state index contributed by atoms with van der Waals surface area (Å²) in [5.74, 6) is 0. The van der Waals surface area contributed by atoms with Crippen LogP contribution in [0, 0.1) is 0 Å². The van der Waals surface area contributed by atoms with Crippen LogP contribution in [-0.2, 0) is 0 Å². The maximum Gasteiger partial charge on any atom is 0.107 e. The number of likely N-dealkylation sites (N-methyl/N-ethyl adjacent to an activating group) is 1. The molecule has 0 aromatic heterocycles. The molecule has 0 amide bonds. The highest BCUT2D eigenvalue weighted by Gasteiger charge is 2.18. The van der Waals surface area contributed by atoms with Crippen molar-refractivity contribution in [2.75, 3.05) is 33.2 Å². The molecule has 3 heteroatoms. The first kappa shape index (κ1) is 8.97. The van der Waals surface area contributed by atoms with E-state index in [2.05, 4.69) is 16.8 Å². The molecule has 1 N–H and O–H groups in total. The second-order valence-electron chi connectivity index (χ2n) is 3.23. The minimum atomic E-state index is -0.219. The maximum absolute atomic E-state index is 9.48. The predicted octanol–water partition coefficient (Wildman–Crippen LogP) is -0.0378. The first-order valence-corrected chi connectivity index (χ1v) is 4.34. The standard InChI is InChI=1S/C8H18N2O/c1-3-8(11)10-6-4-9(2)5-7-10/h8,11H,3-7H2,1-2H3. The Bertz CT molecular complexity index is 111. The fourth-order valence-corrected chi connectivity index (χ4v) is 1.38. The quantitative estimate of drug-likeness (QED) is 0.611. The van der Waals surface area contributed by atoms with Gasteiger partial charge in [-0.15, -0.1) is 0 Å². The van der Waals surface area contributed by atoms with Crippen molar-refractivity contribution in [3.63, 3.8) is 0 Å². The Morgan fingerprint density at radius 2 is 1.82 bits per heavy atom. The lowest BCUT2D eigenvalue weighted by Gasteiger charge is -2.35. The van der Waals surface area contributed by atoms with Gasteiger partial charge in [-0.2, -0.15) is 0 Å². The van der Waals surface area contributed by atoms with Gasteiger partial charge in [0.05, 0.1) is 0 Å². The molecule has 1 aliphatic heterocycles. The van der Waals surface area contributed by atoms with E-state index in [1.54, 1.807) is 0 Å². The molecule has 3 nitrogen and oxygen atoms in total. The Kier molecular flexibility index (Phi) is 3.30. The molecule has 0 saturated carbocycles. The third-order valence-corrected chi connectivity index (χ3v) is 2.32. The van der Waals surface area contributed by atoms with Crippen molar-refractivity contribution in [3.8, 4) is 0 Å². The van der Waals surface area contributed by atoms with Crippen molar-refractivity contribution in [3.05, 3.63) is 0 Å². The molecule has 1 unspecified atom stereocenters. The van der Waals surface area contributed by atoms with Crippen LogP contribution >= 0.6 is 0 Å². The molecule has 0 radical (unpaired) electrons. The largest absolute Gasteiger partial charge is 0.378 e. The van der Waals surface area contributed by atoms with Crippen molar-refractivity contribution in [1.82, 2.24) is 9.80 Å². The SMILES string of the molecule is CCC(O)N1CCN(C)CC1. The van der Waals surface area contributed by atoms with Crippen LogP contribution in [0.5, 0.6) is 0 Å². The van der Waals surface area contributed by atoms with E-state index >= 15 is 0 Å². The molecule has 0 spiro atoms. The average molecular weight is 158 g/mol. The Balaban J connectivity index is 2.27. The van der Waals surface area contributed by atoms with Gasteiger partial charge in [0.2, 0.25) is 0 Å². The van der Waals surface area contributed by atoms with Crippen LogP contribution in [0.3, 0.4) is 0 Å². The summed E-state index contributed by atoms with van der Waals surface area (Å²) in [7, 11) is 2.12. The molecule has 66 valence electrons. The van der Waals surface area contributed by atoms with Gasteiger partial charge in [-0.05, 0) is 13.5 Å². The van der Waals surface area contributed by atoms with Gasteiger partial charge in [-0.25, -0.2) is 0 Å². The first-order chi connectivity index (χ1) is 5.24.